The molecule has 0 spiro atoms. The molecule has 0 aliphatic carbocycles. The molecule has 0 saturated carbocycles. The highest BCUT2D eigenvalue weighted by atomic mass is 16.5. The van der Waals surface area contributed by atoms with Crippen LogP contribution >= 0.6 is 0 Å². The summed E-state index contributed by atoms with van der Waals surface area (Å²) in [5.41, 5.74) is 0.989. The summed E-state index contributed by atoms with van der Waals surface area (Å²) in [6.45, 7) is 3.86. The molecule has 0 unspecified atom stereocenters. The van der Waals surface area contributed by atoms with Crippen LogP contribution in [0.1, 0.15) is 17.6 Å². The van der Waals surface area contributed by atoms with Gasteiger partial charge >= 0.3 is 0 Å². The van der Waals surface area contributed by atoms with Crippen molar-refractivity contribution in [1.29, 1.82) is 0 Å². The number of aromatic amines is 1. The van der Waals surface area contributed by atoms with Crippen molar-refractivity contribution in [2.24, 2.45) is 0 Å². The zero-order chi connectivity index (χ0) is 13.9. The third-order valence-corrected chi connectivity index (χ3v) is 3.30. The molecule has 2 aromatic rings. The lowest BCUT2D eigenvalue weighted by Crippen LogP contribution is -2.44. The molecule has 7 heteroatoms. The largest absolute Gasteiger partial charge is 0.367 e. The Morgan fingerprint density at radius 2 is 2.50 bits per heavy atom. The molecule has 20 heavy (non-hydrogen) atoms. The van der Waals surface area contributed by atoms with Gasteiger partial charge in [0.2, 0.25) is 5.91 Å². The Morgan fingerprint density at radius 3 is 3.20 bits per heavy atom. The highest BCUT2D eigenvalue weighted by Gasteiger charge is 2.27. The van der Waals surface area contributed by atoms with Gasteiger partial charge in [0.25, 0.3) is 0 Å². The molecule has 3 heterocycles. The molecule has 1 N–H and O–H groups in total. The Bertz CT molecular complexity index is 577. The number of hydrogen-bond donors (Lipinski definition) is 1. The smallest absolute Gasteiger partial charge is 0.244 e. The SMILES string of the molecule is Cc1cnc([C@@H]2CN(C(=O)Cn3cccn3)CCO2)[nH]1. The van der Waals surface area contributed by atoms with Crippen LogP contribution in [-0.4, -0.2) is 50.3 Å². The number of rotatable bonds is 3. The van der Waals surface area contributed by atoms with E-state index in [0.717, 1.165) is 11.5 Å². The van der Waals surface area contributed by atoms with Crippen molar-refractivity contribution in [1.82, 2.24) is 24.6 Å². The summed E-state index contributed by atoms with van der Waals surface area (Å²) >= 11 is 0. The molecular formula is C13H17N5O2. The monoisotopic (exact) mass is 275 g/mol. The van der Waals surface area contributed by atoms with Gasteiger partial charge in [0.1, 0.15) is 18.5 Å². The summed E-state index contributed by atoms with van der Waals surface area (Å²) in [5.74, 6) is 0.823. The maximum Gasteiger partial charge on any atom is 0.244 e. The number of amides is 1. The van der Waals surface area contributed by atoms with Crippen LogP contribution in [0, 0.1) is 6.92 Å². The van der Waals surface area contributed by atoms with Gasteiger partial charge in [-0.3, -0.25) is 9.48 Å². The van der Waals surface area contributed by atoms with E-state index in [1.165, 1.54) is 0 Å². The lowest BCUT2D eigenvalue weighted by Gasteiger charge is -2.32. The maximum atomic E-state index is 12.2. The predicted molar refractivity (Wildman–Crippen MR) is 70.8 cm³/mol. The first-order valence-electron chi connectivity index (χ1n) is 6.60. The van der Waals surface area contributed by atoms with Crippen molar-refractivity contribution in [3.05, 3.63) is 36.2 Å². The van der Waals surface area contributed by atoms with E-state index in [2.05, 4.69) is 15.1 Å². The molecule has 0 bridgehead atoms. The molecule has 0 aromatic carbocycles. The molecule has 0 radical (unpaired) electrons. The Kier molecular flexibility index (Phi) is 3.51. The summed E-state index contributed by atoms with van der Waals surface area (Å²) < 4.78 is 7.31. The average molecular weight is 275 g/mol. The zero-order valence-corrected chi connectivity index (χ0v) is 11.3. The number of morpholine rings is 1. The third-order valence-electron chi connectivity index (χ3n) is 3.30. The fourth-order valence-electron chi connectivity index (χ4n) is 2.27. The zero-order valence-electron chi connectivity index (χ0n) is 11.3. The number of aromatic nitrogens is 4. The van der Waals surface area contributed by atoms with Gasteiger partial charge in [0, 0.05) is 30.8 Å². The van der Waals surface area contributed by atoms with Gasteiger partial charge in [-0.05, 0) is 13.0 Å². The van der Waals surface area contributed by atoms with Crippen LogP contribution in [0.25, 0.3) is 0 Å². The number of nitrogens with one attached hydrogen (secondary N) is 1. The van der Waals surface area contributed by atoms with Crippen LogP contribution in [0.4, 0.5) is 0 Å². The molecule has 1 aliphatic heterocycles. The Balaban J connectivity index is 1.64. The van der Waals surface area contributed by atoms with E-state index in [1.807, 2.05) is 6.92 Å². The van der Waals surface area contributed by atoms with Gasteiger partial charge in [-0.1, -0.05) is 0 Å². The van der Waals surface area contributed by atoms with E-state index in [4.69, 9.17) is 4.74 Å². The standard InChI is InChI=1S/C13H17N5O2/c1-10-7-14-13(16-10)11-8-17(5-6-20-11)12(19)9-18-4-2-3-15-18/h2-4,7,11H,5-6,8-9H2,1H3,(H,14,16)/t11-/m0/s1. The lowest BCUT2D eigenvalue weighted by molar-refractivity contribution is -0.140. The minimum absolute atomic E-state index is 0.0466. The van der Waals surface area contributed by atoms with E-state index in [1.54, 1.807) is 34.2 Å². The summed E-state index contributed by atoms with van der Waals surface area (Å²) in [6.07, 6.45) is 5.04. The molecule has 2 aromatic heterocycles. The van der Waals surface area contributed by atoms with Gasteiger partial charge in [0.05, 0.1) is 13.2 Å². The molecule has 1 atom stereocenters. The second-order valence-corrected chi connectivity index (χ2v) is 4.85. The van der Waals surface area contributed by atoms with Crippen LogP contribution in [0.2, 0.25) is 0 Å². The Labute approximate surface area is 116 Å². The minimum atomic E-state index is -0.181. The predicted octanol–water partition coefficient (Wildman–Crippen LogP) is 0.515. The maximum absolute atomic E-state index is 12.2. The van der Waals surface area contributed by atoms with Gasteiger partial charge in [-0.2, -0.15) is 5.10 Å². The Hall–Kier alpha value is -2.15. The molecular weight excluding hydrogens is 258 g/mol. The second-order valence-electron chi connectivity index (χ2n) is 4.85. The topological polar surface area (TPSA) is 76.0 Å². The number of imidazole rings is 1. The van der Waals surface area contributed by atoms with E-state index >= 15 is 0 Å². The normalized spacial score (nSPS) is 19.2. The van der Waals surface area contributed by atoms with Gasteiger partial charge in [0.15, 0.2) is 0 Å². The minimum Gasteiger partial charge on any atom is -0.367 e. The summed E-state index contributed by atoms with van der Waals surface area (Å²) in [5, 5.41) is 4.05. The number of H-pyrrole nitrogens is 1. The van der Waals surface area contributed by atoms with Crippen molar-refractivity contribution in [2.45, 2.75) is 19.6 Å². The number of carbonyl (C=O) groups is 1. The third kappa shape index (κ3) is 2.72. The highest BCUT2D eigenvalue weighted by molar-refractivity contribution is 5.76. The number of nitrogens with zero attached hydrogens (tertiary/aromatic N) is 4. The van der Waals surface area contributed by atoms with E-state index in [-0.39, 0.29) is 18.6 Å². The van der Waals surface area contributed by atoms with Gasteiger partial charge in [-0.25, -0.2) is 4.98 Å². The first kappa shape index (κ1) is 12.9. The molecule has 3 rings (SSSR count). The van der Waals surface area contributed by atoms with Crippen molar-refractivity contribution in [2.75, 3.05) is 19.7 Å². The average Bonchev–Trinajstić information content (AvgIpc) is 3.10. The molecule has 106 valence electrons. The lowest BCUT2D eigenvalue weighted by atomic mass is 10.2. The van der Waals surface area contributed by atoms with E-state index in [9.17, 15) is 4.79 Å². The van der Waals surface area contributed by atoms with Crippen LogP contribution < -0.4 is 0 Å². The fourth-order valence-corrected chi connectivity index (χ4v) is 2.27. The van der Waals surface area contributed by atoms with E-state index < -0.39 is 0 Å². The van der Waals surface area contributed by atoms with Crippen molar-refractivity contribution in [3.63, 3.8) is 0 Å². The number of ether oxygens (including phenoxy) is 1. The van der Waals surface area contributed by atoms with Crippen LogP contribution in [0.5, 0.6) is 0 Å². The fraction of sp³-hybridized carbons (Fsp3) is 0.462. The Morgan fingerprint density at radius 1 is 1.60 bits per heavy atom. The first-order valence-corrected chi connectivity index (χ1v) is 6.60. The first-order chi connectivity index (χ1) is 9.72. The molecule has 1 saturated heterocycles. The quantitative estimate of drug-likeness (QED) is 0.885. The van der Waals surface area contributed by atoms with Crippen LogP contribution in [0.15, 0.2) is 24.7 Å². The summed E-state index contributed by atoms with van der Waals surface area (Å²) in [6, 6.07) is 1.81. The number of aryl methyl sites for hydroxylation is 1. The molecule has 1 amide bonds. The second kappa shape index (κ2) is 5.46. The number of carbonyl (C=O) groups excluding carboxylic acids is 1. The van der Waals surface area contributed by atoms with Crippen molar-refractivity contribution in [3.8, 4) is 0 Å². The van der Waals surface area contributed by atoms with Crippen molar-refractivity contribution >= 4 is 5.91 Å². The molecule has 1 aliphatic rings. The van der Waals surface area contributed by atoms with Gasteiger partial charge < -0.3 is 14.6 Å². The summed E-state index contributed by atoms with van der Waals surface area (Å²) in [4.78, 5) is 21.5. The number of hydrogen-bond acceptors (Lipinski definition) is 4. The van der Waals surface area contributed by atoms with Crippen molar-refractivity contribution < 1.29 is 9.53 Å². The van der Waals surface area contributed by atoms with Gasteiger partial charge in [-0.15, -0.1) is 0 Å². The van der Waals surface area contributed by atoms with Crippen LogP contribution in [0.3, 0.4) is 0 Å². The highest BCUT2D eigenvalue weighted by Crippen LogP contribution is 2.19. The molecule has 1 fully saturated rings. The van der Waals surface area contributed by atoms with Crippen LogP contribution in [-0.2, 0) is 16.1 Å². The van der Waals surface area contributed by atoms with E-state index in [0.29, 0.717) is 19.7 Å². The molecule has 7 nitrogen and oxygen atoms in total. The summed E-state index contributed by atoms with van der Waals surface area (Å²) in [7, 11) is 0.